The SMILES string of the molecule is Cc1ccccc1S(=O)(=O)C(C)OC(=O)Cl. The summed E-state index contributed by atoms with van der Waals surface area (Å²) in [5.41, 5.74) is -1.83. The predicted octanol–water partition coefficient (Wildman–Crippen LogP) is 2.49. The van der Waals surface area contributed by atoms with E-state index in [2.05, 4.69) is 4.74 Å². The van der Waals surface area contributed by atoms with Gasteiger partial charge in [-0.15, -0.1) is 0 Å². The summed E-state index contributed by atoms with van der Waals surface area (Å²) in [6.45, 7) is 2.93. The maximum absolute atomic E-state index is 12.0. The second-order valence-corrected chi connectivity index (χ2v) is 5.74. The number of aryl methyl sites for hydroxylation is 1. The molecule has 1 aromatic rings. The number of hydrogen-bond acceptors (Lipinski definition) is 4. The molecule has 4 nitrogen and oxygen atoms in total. The quantitative estimate of drug-likeness (QED) is 0.785. The van der Waals surface area contributed by atoms with E-state index in [4.69, 9.17) is 11.6 Å². The lowest BCUT2D eigenvalue weighted by Gasteiger charge is -2.13. The summed E-state index contributed by atoms with van der Waals surface area (Å²) in [5.74, 6) is 0. The Morgan fingerprint density at radius 1 is 1.38 bits per heavy atom. The van der Waals surface area contributed by atoms with Gasteiger partial charge in [-0.1, -0.05) is 18.2 Å². The first kappa shape index (κ1) is 13.0. The zero-order valence-corrected chi connectivity index (χ0v) is 10.4. The van der Waals surface area contributed by atoms with Gasteiger partial charge in [-0.3, -0.25) is 0 Å². The van der Waals surface area contributed by atoms with Gasteiger partial charge in [0.25, 0.3) is 0 Å². The molecular weight excluding hydrogens is 252 g/mol. The van der Waals surface area contributed by atoms with Crippen LogP contribution in [0.1, 0.15) is 12.5 Å². The molecule has 1 aromatic carbocycles. The van der Waals surface area contributed by atoms with E-state index in [0.717, 1.165) is 0 Å². The Labute approximate surface area is 99.1 Å². The summed E-state index contributed by atoms with van der Waals surface area (Å²) in [6, 6.07) is 6.47. The molecule has 1 atom stereocenters. The fourth-order valence-electron chi connectivity index (χ4n) is 1.25. The molecule has 0 radical (unpaired) electrons. The van der Waals surface area contributed by atoms with Crippen molar-refractivity contribution in [3.63, 3.8) is 0 Å². The molecule has 6 heteroatoms. The lowest BCUT2D eigenvalue weighted by Crippen LogP contribution is -2.23. The molecule has 1 rings (SSSR count). The Bertz CT molecular complexity index is 495. The first-order valence-corrected chi connectivity index (χ1v) is 6.44. The third-order valence-electron chi connectivity index (χ3n) is 2.10. The van der Waals surface area contributed by atoms with Gasteiger partial charge < -0.3 is 4.74 Å². The Balaban J connectivity index is 3.12. The van der Waals surface area contributed by atoms with E-state index in [1.807, 2.05) is 0 Å². The van der Waals surface area contributed by atoms with Gasteiger partial charge in [0.05, 0.1) is 4.90 Å². The van der Waals surface area contributed by atoms with Gasteiger partial charge in [0, 0.05) is 11.6 Å². The highest BCUT2D eigenvalue weighted by Crippen LogP contribution is 2.20. The number of ether oxygens (including phenoxy) is 1. The topological polar surface area (TPSA) is 60.4 Å². The van der Waals surface area contributed by atoms with Gasteiger partial charge in [-0.2, -0.15) is 0 Å². The fraction of sp³-hybridized carbons (Fsp3) is 0.300. The molecule has 0 aliphatic heterocycles. The molecule has 0 aliphatic carbocycles. The molecule has 16 heavy (non-hydrogen) atoms. The van der Waals surface area contributed by atoms with E-state index in [1.54, 1.807) is 25.1 Å². The summed E-state index contributed by atoms with van der Waals surface area (Å²) in [7, 11) is -3.69. The predicted molar refractivity (Wildman–Crippen MR) is 60.2 cm³/mol. The molecule has 0 saturated carbocycles. The Morgan fingerprint density at radius 3 is 2.44 bits per heavy atom. The lowest BCUT2D eigenvalue weighted by molar-refractivity contribution is 0.164. The van der Waals surface area contributed by atoms with Crippen LogP contribution in [0.15, 0.2) is 29.2 Å². The Hall–Kier alpha value is -1.07. The minimum atomic E-state index is -3.69. The lowest BCUT2D eigenvalue weighted by atomic mass is 10.2. The Kier molecular flexibility index (Phi) is 3.93. The molecular formula is C10H11ClO4S. The van der Waals surface area contributed by atoms with E-state index < -0.39 is 20.7 Å². The smallest absolute Gasteiger partial charge is 0.405 e. The molecule has 0 bridgehead atoms. The van der Waals surface area contributed by atoms with E-state index >= 15 is 0 Å². The van der Waals surface area contributed by atoms with Crippen LogP contribution in [0.4, 0.5) is 4.79 Å². The molecule has 1 unspecified atom stereocenters. The highest BCUT2D eigenvalue weighted by atomic mass is 35.5. The monoisotopic (exact) mass is 262 g/mol. The third kappa shape index (κ3) is 2.74. The van der Waals surface area contributed by atoms with Crippen LogP contribution in [0.2, 0.25) is 0 Å². The molecule has 88 valence electrons. The summed E-state index contributed by atoms with van der Waals surface area (Å²) < 4.78 is 28.4. The van der Waals surface area contributed by atoms with Crippen molar-refractivity contribution in [3.8, 4) is 0 Å². The molecule has 0 heterocycles. The second kappa shape index (κ2) is 4.84. The summed E-state index contributed by atoms with van der Waals surface area (Å²) in [6.07, 6.45) is 0. The van der Waals surface area contributed by atoms with Gasteiger partial charge in [0.15, 0.2) is 0 Å². The molecule has 0 fully saturated rings. The molecule has 0 N–H and O–H groups in total. The first-order valence-electron chi connectivity index (χ1n) is 4.51. The standard InChI is InChI=1S/C10H11ClO4S/c1-7-5-3-4-6-9(7)16(13,14)8(2)15-10(11)12/h3-6,8H,1-2H3. The van der Waals surface area contributed by atoms with Crippen LogP contribution in [0.25, 0.3) is 0 Å². The van der Waals surface area contributed by atoms with Crippen LogP contribution < -0.4 is 0 Å². The van der Waals surface area contributed by atoms with E-state index in [9.17, 15) is 13.2 Å². The van der Waals surface area contributed by atoms with Crippen LogP contribution in [0.5, 0.6) is 0 Å². The number of carbonyl (C=O) groups is 1. The van der Waals surface area contributed by atoms with E-state index in [1.165, 1.54) is 13.0 Å². The van der Waals surface area contributed by atoms with E-state index in [-0.39, 0.29) is 4.90 Å². The highest BCUT2D eigenvalue weighted by molar-refractivity contribution is 7.92. The number of carbonyl (C=O) groups excluding carboxylic acids is 1. The molecule has 0 aliphatic rings. The zero-order valence-electron chi connectivity index (χ0n) is 8.81. The van der Waals surface area contributed by atoms with Crippen LogP contribution in [0.3, 0.4) is 0 Å². The second-order valence-electron chi connectivity index (χ2n) is 3.23. The minimum absolute atomic E-state index is 0.139. The van der Waals surface area contributed by atoms with Gasteiger partial charge in [0.2, 0.25) is 15.3 Å². The van der Waals surface area contributed by atoms with Crippen molar-refractivity contribution in [1.82, 2.24) is 0 Å². The highest BCUT2D eigenvalue weighted by Gasteiger charge is 2.27. The third-order valence-corrected chi connectivity index (χ3v) is 4.23. The first-order chi connectivity index (χ1) is 7.35. The molecule has 0 amide bonds. The number of rotatable bonds is 3. The van der Waals surface area contributed by atoms with Crippen molar-refractivity contribution in [2.75, 3.05) is 0 Å². The van der Waals surface area contributed by atoms with Crippen molar-refractivity contribution in [3.05, 3.63) is 29.8 Å². The summed E-state index contributed by atoms with van der Waals surface area (Å²) in [5, 5.41) is 0. The van der Waals surface area contributed by atoms with Crippen LogP contribution in [-0.4, -0.2) is 19.3 Å². The summed E-state index contributed by atoms with van der Waals surface area (Å²) in [4.78, 5) is 10.6. The van der Waals surface area contributed by atoms with Crippen molar-refractivity contribution < 1.29 is 17.9 Å². The van der Waals surface area contributed by atoms with Crippen LogP contribution in [-0.2, 0) is 14.6 Å². The normalized spacial score (nSPS) is 13.2. The summed E-state index contributed by atoms with van der Waals surface area (Å²) >= 11 is 4.98. The van der Waals surface area contributed by atoms with Crippen molar-refractivity contribution in [1.29, 1.82) is 0 Å². The number of halogens is 1. The van der Waals surface area contributed by atoms with Gasteiger partial charge in [-0.05, 0) is 25.5 Å². The average Bonchev–Trinajstić information content (AvgIpc) is 2.16. The number of sulfone groups is 1. The van der Waals surface area contributed by atoms with Gasteiger partial charge >= 0.3 is 5.43 Å². The molecule has 0 spiro atoms. The van der Waals surface area contributed by atoms with Crippen LogP contribution in [0, 0.1) is 6.92 Å². The molecule has 0 aromatic heterocycles. The maximum atomic E-state index is 12.0. The zero-order chi connectivity index (χ0) is 12.3. The fourth-order valence-corrected chi connectivity index (χ4v) is 2.79. The van der Waals surface area contributed by atoms with E-state index in [0.29, 0.717) is 5.56 Å². The van der Waals surface area contributed by atoms with Gasteiger partial charge in [-0.25, -0.2) is 13.2 Å². The minimum Gasteiger partial charge on any atom is -0.434 e. The van der Waals surface area contributed by atoms with Gasteiger partial charge in [0.1, 0.15) is 0 Å². The largest absolute Gasteiger partial charge is 0.434 e. The van der Waals surface area contributed by atoms with Crippen LogP contribution >= 0.6 is 11.6 Å². The van der Waals surface area contributed by atoms with Crippen molar-refractivity contribution in [2.24, 2.45) is 0 Å². The van der Waals surface area contributed by atoms with Crippen molar-refractivity contribution in [2.45, 2.75) is 24.2 Å². The number of benzene rings is 1. The maximum Gasteiger partial charge on any atom is 0.405 e. The van der Waals surface area contributed by atoms with Crippen molar-refractivity contribution >= 4 is 26.9 Å². The average molecular weight is 263 g/mol. The number of hydrogen-bond donors (Lipinski definition) is 0. The molecule has 0 saturated heterocycles. The Morgan fingerprint density at radius 2 is 1.94 bits per heavy atom.